The molecule has 4 nitrogen and oxygen atoms in total. The molecule has 1 fully saturated rings. The average Bonchev–Trinajstić information content (AvgIpc) is 2.47. The summed E-state index contributed by atoms with van der Waals surface area (Å²) in [5, 5.41) is 7.10. The van der Waals surface area contributed by atoms with Crippen LogP contribution in [0, 0.1) is 12.7 Å². The molecule has 2 heterocycles. The lowest BCUT2D eigenvalue weighted by molar-refractivity contribution is 0.0928. The third-order valence-corrected chi connectivity index (χ3v) is 3.89. The number of halogens is 1. The Bertz CT molecular complexity index is 681. The molecule has 1 aliphatic rings. The second-order valence-electron chi connectivity index (χ2n) is 5.46. The molecule has 0 unspecified atom stereocenters. The molecular formula is C16H18FN3O. The summed E-state index contributed by atoms with van der Waals surface area (Å²) in [5.41, 5.74) is 1.76. The number of amides is 1. The molecule has 110 valence electrons. The van der Waals surface area contributed by atoms with Crippen molar-refractivity contribution >= 4 is 16.8 Å². The number of aryl methyl sites for hydroxylation is 1. The van der Waals surface area contributed by atoms with Gasteiger partial charge >= 0.3 is 0 Å². The summed E-state index contributed by atoms with van der Waals surface area (Å²) in [4.78, 5) is 16.7. The number of aromatic nitrogens is 1. The molecule has 0 spiro atoms. The largest absolute Gasteiger partial charge is 0.349 e. The standard InChI is InChI=1S/C16H18FN3O/c1-10-14(16(21)20-13-4-6-18-7-5-13)8-11-2-3-12(17)9-15(11)19-10/h2-3,8-9,13,18H,4-7H2,1H3,(H,20,21). The minimum atomic E-state index is -0.318. The molecule has 1 amide bonds. The number of rotatable bonds is 2. The SMILES string of the molecule is Cc1nc2cc(F)ccc2cc1C(=O)NC1CCNCC1. The summed E-state index contributed by atoms with van der Waals surface area (Å²) in [7, 11) is 0. The normalized spacial score (nSPS) is 16.1. The third-order valence-electron chi connectivity index (χ3n) is 3.89. The summed E-state index contributed by atoms with van der Waals surface area (Å²) >= 11 is 0. The molecule has 0 radical (unpaired) electrons. The van der Waals surface area contributed by atoms with Crippen LogP contribution in [0.1, 0.15) is 28.9 Å². The summed E-state index contributed by atoms with van der Waals surface area (Å²) in [6.45, 7) is 3.64. The van der Waals surface area contributed by atoms with Gasteiger partial charge in [0.25, 0.3) is 5.91 Å². The van der Waals surface area contributed by atoms with E-state index in [1.807, 2.05) is 0 Å². The number of carbonyl (C=O) groups excluding carboxylic acids is 1. The quantitative estimate of drug-likeness (QED) is 0.890. The van der Waals surface area contributed by atoms with E-state index in [1.165, 1.54) is 12.1 Å². The van der Waals surface area contributed by atoms with Crippen LogP contribution in [0.2, 0.25) is 0 Å². The van der Waals surface area contributed by atoms with Gasteiger partial charge in [-0.2, -0.15) is 0 Å². The van der Waals surface area contributed by atoms with Gasteiger partial charge in [0.1, 0.15) is 5.82 Å². The van der Waals surface area contributed by atoms with Gasteiger partial charge in [-0.1, -0.05) is 0 Å². The zero-order valence-corrected chi connectivity index (χ0v) is 11.9. The van der Waals surface area contributed by atoms with Crippen molar-refractivity contribution in [3.05, 3.63) is 41.3 Å². The Morgan fingerprint density at radius 3 is 2.86 bits per heavy atom. The van der Waals surface area contributed by atoms with E-state index < -0.39 is 0 Å². The van der Waals surface area contributed by atoms with Gasteiger partial charge < -0.3 is 10.6 Å². The smallest absolute Gasteiger partial charge is 0.253 e. The van der Waals surface area contributed by atoms with E-state index in [0.717, 1.165) is 31.3 Å². The van der Waals surface area contributed by atoms with Crippen LogP contribution in [0.25, 0.3) is 10.9 Å². The predicted molar refractivity (Wildman–Crippen MR) is 79.8 cm³/mol. The first-order valence-corrected chi connectivity index (χ1v) is 7.22. The summed E-state index contributed by atoms with van der Waals surface area (Å²) < 4.78 is 13.2. The lowest BCUT2D eigenvalue weighted by Gasteiger charge is -2.24. The zero-order valence-electron chi connectivity index (χ0n) is 11.9. The molecular weight excluding hydrogens is 269 g/mol. The molecule has 0 aliphatic carbocycles. The number of pyridine rings is 1. The number of nitrogens with one attached hydrogen (secondary N) is 2. The highest BCUT2D eigenvalue weighted by molar-refractivity contribution is 5.98. The van der Waals surface area contributed by atoms with Crippen molar-refractivity contribution in [2.24, 2.45) is 0 Å². The minimum absolute atomic E-state index is 0.0990. The minimum Gasteiger partial charge on any atom is -0.349 e. The van der Waals surface area contributed by atoms with Crippen LogP contribution in [0.5, 0.6) is 0 Å². The van der Waals surface area contributed by atoms with Crippen molar-refractivity contribution in [3.8, 4) is 0 Å². The maximum absolute atomic E-state index is 13.2. The van der Waals surface area contributed by atoms with Crippen LogP contribution in [-0.2, 0) is 0 Å². The number of nitrogens with zero attached hydrogens (tertiary/aromatic N) is 1. The van der Waals surface area contributed by atoms with Gasteiger partial charge in [-0.3, -0.25) is 9.78 Å². The van der Waals surface area contributed by atoms with Crippen LogP contribution < -0.4 is 10.6 Å². The van der Waals surface area contributed by atoms with Gasteiger partial charge in [0.2, 0.25) is 0 Å². The molecule has 1 saturated heterocycles. The summed E-state index contributed by atoms with van der Waals surface area (Å²) in [5.74, 6) is -0.417. The Balaban J connectivity index is 1.86. The van der Waals surface area contributed by atoms with E-state index in [1.54, 1.807) is 19.1 Å². The van der Waals surface area contributed by atoms with Crippen molar-refractivity contribution in [2.75, 3.05) is 13.1 Å². The first kappa shape index (κ1) is 13.9. The second kappa shape index (κ2) is 5.77. The summed E-state index contributed by atoms with van der Waals surface area (Å²) in [6.07, 6.45) is 1.88. The fourth-order valence-corrected chi connectivity index (χ4v) is 2.70. The van der Waals surface area contributed by atoms with Crippen molar-refractivity contribution in [3.63, 3.8) is 0 Å². The zero-order chi connectivity index (χ0) is 14.8. The van der Waals surface area contributed by atoms with Gasteiger partial charge in [-0.15, -0.1) is 0 Å². The molecule has 0 bridgehead atoms. The molecule has 2 aromatic rings. The highest BCUT2D eigenvalue weighted by atomic mass is 19.1. The molecule has 0 saturated carbocycles. The van der Waals surface area contributed by atoms with E-state index in [-0.39, 0.29) is 17.8 Å². The van der Waals surface area contributed by atoms with Crippen LogP contribution in [-0.4, -0.2) is 30.0 Å². The molecule has 1 aromatic carbocycles. The molecule has 21 heavy (non-hydrogen) atoms. The van der Waals surface area contributed by atoms with Gasteiger partial charge in [-0.25, -0.2) is 4.39 Å². The predicted octanol–water partition coefficient (Wildman–Crippen LogP) is 2.16. The lowest BCUT2D eigenvalue weighted by Crippen LogP contribution is -2.42. The van der Waals surface area contributed by atoms with Crippen LogP contribution in [0.4, 0.5) is 4.39 Å². The van der Waals surface area contributed by atoms with Crippen LogP contribution >= 0.6 is 0 Å². The maximum atomic E-state index is 13.2. The highest BCUT2D eigenvalue weighted by Crippen LogP contribution is 2.18. The van der Waals surface area contributed by atoms with E-state index >= 15 is 0 Å². The van der Waals surface area contributed by atoms with Crippen LogP contribution in [0.15, 0.2) is 24.3 Å². The monoisotopic (exact) mass is 287 g/mol. The maximum Gasteiger partial charge on any atom is 0.253 e. The Morgan fingerprint density at radius 2 is 2.10 bits per heavy atom. The summed E-state index contributed by atoms with van der Waals surface area (Å²) in [6, 6.07) is 6.42. The van der Waals surface area contributed by atoms with E-state index in [4.69, 9.17) is 0 Å². The Kier molecular flexibility index (Phi) is 3.84. The molecule has 0 atom stereocenters. The van der Waals surface area contributed by atoms with Crippen molar-refractivity contribution in [1.29, 1.82) is 0 Å². The third kappa shape index (κ3) is 3.03. The number of piperidine rings is 1. The van der Waals surface area contributed by atoms with Gasteiger partial charge in [0, 0.05) is 17.5 Å². The van der Waals surface area contributed by atoms with E-state index in [0.29, 0.717) is 16.8 Å². The number of benzene rings is 1. The van der Waals surface area contributed by atoms with Gasteiger partial charge in [0.15, 0.2) is 0 Å². The van der Waals surface area contributed by atoms with Gasteiger partial charge in [0.05, 0.1) is 16.8 Å². The molecule has 1 aliphatic heterocycles. The molecule has 3 rings (SSSR count). The van der Waals surface area contributed by atoms with Crippen molar-refractivity contribution in [1.82, 2.24) is 15.6 Å². The Labute approximate surface area is 122 Å². The lowest BCUT2D eigenvalue weighted by atomic mass is 10.0. The van der Waals surface area contributed by atoms with Crippen molar-refractivity contribution in [2.45, 2.75) is 25.8 Å². The average molecular weight is 287 g/mol. The first-order chi connectivity index (χ1) is 10.1. The number of hydrogen-bond acceptors (Lipinski definition) is 3. The molecule has 1 aromatic heterocycles. The number of hydrogen-bond donors (Lipinski definition) is 2. The fraction of sp³-hybridized carbons (Fsp3) is 0.375. The first-order valence-electron chi connectivity index (χ1n) is 7.22. The Morgan fingerprint density at radius 1 is 1.33 bits per heavy atom. The van der Waals surface area contributed by atoms with Crippen LogP contribution in [0.3, 0.4) is 0 Å². The topological polar surface area (TPSA) is 54.0 Å². The fourth-order valence-electron chi connectivity index (χ4n) is 2.70. The number of carbonyl (C=O) groups is 1. The van der Waals surface area contributed by atoms with Crippen molar-refractivity contribution < 1.29 is 9.18 Å². The second-order valence-corrected chi connectivity index (χ2v) is 5.46. The van der Waals surface area contributed by atoms with E-state index in [9.17, 15) is 9.18 Å². The van der Waals surface area contributed by atoms with Gasteiger partial charge in [-0.05, 0) is 51.1 Å². The highest BCUT2D eigenvalue weighted by Gasteiger charge is 2.18. The number of fused-ring (bicyclic) bond motifs is 1. The van der Waals surface area contributed by atoms with E-state index in [2.05, 4.69) is 15.6 Å². The Hall–Kier alpha value is -2.01. The molecule has 2 N–H and O–H groups in total. The molecule has 5 heteroatoms.